The molecule has 0 saturated carbocycles. The lowest BCUT2D eigenvalue weighted by Crippen LogP contribution is -2.81. The van der Waals surface area contributed by atoms with Crippen molar-refractivity contribution in [3.05, 3.63) is 82.8 Å². The van der Waals surface area contributed by atoms with Crippen molar-refractivity contribution in [3.8, 4) is 5.75 Å². The molecule has 2 aromatic heterocycles. The lowest BCUT2D eigenvalue weighted by Gasteiger charge is -2.66. The molecule has 1 atom stereocenters. The van der Waals surface area contributed by atoms with Gasteiger partial charge < -0.3 is 24.3 Å². The minimum absolute atomic E-state index is 0.00812. The van der Waals surface area contributed by atoms with E-state index < -0.39 is 29.7 Å². The summed E-state index contributed by atoms with van der Waals surface area (Å²) in [4.78, 5) is 87.5. The molecule has 2 aromatic carbocycles. The van der Waals surface area contributed by atoms with E-state index in [9.17, 15) is 28.8 Å². The summed E-state index contributed by atoms with van der Waals surface area (Å²) in [7, 11) is 0. The molecule has 6 amide bonds. The largest absolute Gasteiger partial charge is 0.489 e. The fourth-order valence-corrected chi connectivity index (χ4v) is 10.2. The minimum atomic E-state index is -0.985. The van der Waals surface area contributed by atoms with Gasteiger partial charge >= 0.3 is 0 Å². The Bertz CT molecular complexity index is 2440. The van der Waals surface area contributed by atoms with Crippen LogP contribution in [0.4, 0.5) is 11.4 Å². The Labute approximate surface area is 327 Å². The first kappa shape index (κ1) is 35.3. The molecule has 4 fully saturated rings. The fraction of sp³-hybridized carbons (Fsp3) is 0.415. The average molecular weight is 773 g/mol. The van der Waals surface area contributed by atoms with Gasteiger partial charge in [-0.1, -0.05) is 0 Å². The van der Waals surface area contributed by atoms with Gasteiger partial charge in [-0.3, -0.25) is 39.0 Å². The number of anilines is 2. The van der Waals surface area contributed by atoms with Crippen molar-refractivity contribution < 1.29 is 38.0 Å². The quantitative estimate of drug-likeness (QED) is 0.210. The normalized spacial score (nSPS) is 22.3. The number of nitrogens with zero attached hydrogens (tertiary/aromatic N) is 7. The highest BCUT2D eigenvalue weighted by atomic mass is 16.5. The molecular formula is C41H42N9O7+. The van der Waals surface area contributed by atoms with Crippen molar-refractivity contribution in [2.75, 3.05) is 49.5 Å². The van der Waals surface area contributed by atoms with Crippen LogP contribution in [0.15, 0.2) is 55.0 Å². The van der Waals surface area contributed by atoms with Crippen LogP contribution in [0.2, 0.25) is 0 Å². The number of amides is 6. The van der Waals surface area contributed by atoms with Gasteiger partial charge in [0.05, 0.1) is 55.3 Å². The van der Waals surface area contributed by atoms with E-state index in [1.165, 1.54) is 6.20 Å². The van der Waals surface area contributed by atoms with Crippen LogP contribution in [0.1, 0.15) is 86.5 Å². The van der Waals surface area contributed by atoms with Crippen LogP contribution in [-0.4, -0.2) is 122 Å². The zero-order valence-corrected chi connectivity index (χ0v) is 31.7. The molecule has 10 rings (SSSR count). The van der Waals surface area contributed by atoms with Crippen molar-refractivity contribution in [3.63, 3.8) is 0 Å². The summed E-state index contributed by atoms with van der Waals surface area (Å²) in [5.41, 5.74) is 4.40. The maximum absolute atomic E-state index is 13.9. The Kier molecular flexibility index (Phi) is 7.84. The summed E-state index contributed by atoms with van der Waals surface area (Å²) in [5, 5.41) is 9.47. The Hall–Kier alpha value is -6.16. The summed E-state index contributed by atoms with van der Waals surface area (Å²) in [6, 6.07) is 9.82. The van der Waals surface area contributed by atoms with E-state index in [1.54, 1.807) is 41.2 Å². The summed E-state index contributed by atoms with van der Waals surface area (Å²) >= 11 is 0. The Morgan fingerprint density at radius 3 is 2.49 bits per heavy atom. The molecule has 4 saturated heterocycles. The molecule has 16 heteroatoms. The van der Waals surface area contributed by atoms with Crippen LogP contribution in [0.3, 0.4) is 0 Å². The highest BCUT2D eigenvalue weighted by molar-refractivity contribution is 6.23. The molecule has 0 bridgehead atoms. The first-order chi connectivity index (χ1) is 27.4. The maximum atomic E-state index is 13.9. The molecule has 2 N–H and O–H groups in total. The van der Waals surface area contributed by atoms with Crippen molar-refractivity contribution >= 4 is 52.5 Å². The zero-order chi connectivity index (χ0) is 39.4. The number of carbonyl (C=O) groups is 6. The van der Waals surface area contributed by atoms with E-state index in [-0.39, 0.29) is 47.8 Å². The van der Waals surface area contributed by atoms with E-state index in [2.05, 4.69) is 25.6 Å². The topological polar surface area (TPSA) is 176 Å². The number of benzene rings is 2. The number of nitrogens with one attached hydrogen (secondary N) is 2. The van der Waals surface area contributed by atoms with Crippen LogP contribution >= 0.6 is 0 Å². The first-order valence-electron chi connectivity index (χ1n) is 19.6. The Morgan fingerprint density at radius 1 is 0.965 bits per heavy atom. The Morgan fingerprint density at radius 2 is 1.74 bits per heavy atom. The number of hydrogen-bond donors (Lipinski definition) is 2. The molecule has 292 valence electrons. The molecule has 6 aliphatic heterocycles. The van der Waals surface area contributed by atoms with Crippen molar-refractivity contribution in [1.82, 2.24) is 29.7 Å². The van der Waals surface area contributed by atoms with Gasteiger partial charge in [0.1, 0.15) is 22.8 Å². The monoisotopic (exact) mass is 772 g/mol. The van der Waals surface area contributed by atoms with Crippen molar-refractivity contribution in [2.45, 2.75) is 64.3 Å². The van der Waals surface area contributed by atoms with E-state index >= 15 is 0 Å². The van der Waals surface area contributed by atoms with Gasteiger partial charge in [-0.2, -0.15) is 5.10 Å². The standard InChI is InChI=1S/C41H41N9O7/c1-23(2)57-33-16-28-24(14-31(33)44-36(52)30-17-43-48-11-3-10-42-35(30)48)18-47(38(28)54)25-8-12-50(13-9-25)21-41(22-50)19-46(20-41)26-4-5-27-29(15-26)40(56)49(39(27)55)32-6-7-34(51)45-37(32)53/h3-5,10-11,14-17,23,25,32H,6-9,12-13,18-22H2,1-2H3,(H-,44,45,51,52,53,54)/p+1. The second-order valence-electron chi connectivity index (χ2n) is 16.9. The van der Waals surface area contributed by atoms with Gasteiger partial charge in [0, 0.05) is 68.6 Å². The summed E-state index contributed by atoms with van der Waals surface area (Å²) in [6.45, 7) is 10.1. The third-order valence-corrected chi connectivity index (χ3v) is 12.7. The van der Waals surface area contributed by atoms with Crippen LogP contribution in [0.5, 0.6) is 5.75 Å². The average Bonchev–Trinajstić information content (AvgIpc) is 3.81. The van der Waals surface area contributed by atoms with Gasteiger partial charge in [-0.05, 0) is 62.2 Å². The third kappa shape index (κ3) is 5.67. The number of imide groups is 2. The van der Waals surface area contributed by atoms with Crippen LogP contribution < -0.4 is 20.3 Å². The molecule has 6 aliphatic rings. The molecule has 16 nitrogen and oxygen atoms in total. The van der Waals surface area contributed by atoms with Gasteiger partial charge in [0.25, 0.3) is 23.6 Å². The zero-order valence-electron chi connectivity index (χ0n) is 31.7. The van der Waals surface area contributed by atoms with Crippen molar-refractivity contribution in [2.24, 2.45) is 5.41 Å². The molecule has 0 radical (unpaired) electrons. The first-order valence-corrected chi connectivity index (χ1v) is 19.6. The number of quaternary nitrogens is 1. The number of ether oxygens (including phenoxy) is 1. The van der Waals surface area contributed by atoms with Gasteiger partial charge in [-0.25, -0.2) is 9.50 Å². The van der Waals surface area contributed by atoms with E-state index in [0.29, 0.717) is 40.3 Å². The molecular weight excluding hydrogens is 731 g/mol. The summed E-state index contributed by atoms with van der Waals surface area (Å²) < 4.78 is 8.69. The lowest BCUT2D eigenvalue weighted by molar-refractivity contribution is -0.988. The van der Waals surface area contributed by atoms with E-state index in [0.717, 1.165) is 72.7 Å². The fourth-order valence-electron chi connectivity index (χ4n) is 10.2. The van der Waals surface area contributed by atoms with Gasteiger partial charge in [-0.15, -0.1) is 0 Å². The maximum Gasteiger partial charge on any atom is 0.262 e. The second kappa shape index (κ2) is 12.7. The molecule has 0 aliphatic carbocycles. The van der Waals surface area contributed by atoms with Crippen LogP contribution in [-0.2, 0) is 16.1 Å². The smallest absolute Gasteiger partial charge is 0.262 e. The minimum Gasteiger partial charge on any atom is -0.489 e. The predicted octanol–water partition coefficient (Wildman–Crippen LogP) is 2.63. The second-order valence-corrected chi connectivity index (χ2v) is 16.9. The van der Waals surface area contributed by atoms with Gasteiger partial charge in [0.2, 0.25) is 11.8 Å². The highest BCUT2D eigenvalue weighted by Gasteiger charge is 2.62. The highest BCUT2D eigenvalue weighted by Crippen LogP contribution is 2.49. The van der Waals surface area contributed by atoms with E-state index in [4.69, 9.17) is 4.74 Å². The van der Waals surface area contributed by atoms with E-state index in [1.807, 2.05) is 30.9 Å². The number of aromatic nitrogens is 3. The SMILES string of the molecule is CC(C)Oc1cc2c(cc1NC(=O)c1cnn3cccnc13)CN(C1CC[N+]3(CC1)CC1(CN(c4ccc5c(c4)C(=O)N(C4CCC(=O)NC4=O)C5=O)C1)C3)C2=O. The number of rotatable bonds is 7. The number of carbonyl (C=O) groups excluding carboxylic acids is 6. The van der Waals surface area contributed by atoms with Gasteiger partial charge in [0.15, 0.2) is 5.65 Å². The molecule has 57 heavy (non-hydrogen) atoms. The number of hydrogen-bond acceptors (Lipinski definition) is 10. The van der Waals surface area contributed by atoms with Crippen molar-refractivity contribution in [1.29, 1.82) is 0 Å². The number of fused-ring (bicyclic) bond motifs is 3. The summed E-state index contributed by atoms with van der Waals surface area (Å²) in [5.74, 6) is -1.93. The molecule has 4 aromatic rings. The molecule has 2 spiro atoms. The lowest BCUT2D eigenvalue weighted by atomic mass is 9.69. The molecule has 8 heterocycles. The summed E-state index contributed by atoms with van der Waals surface area (Å²) in [6.07, 6.45) is 6.68. The number of piperidine rings is 2. The van der Waals surface area contributed by atoms with Crippen LogP contribution in [0.25, 0.3) is 5.65 Å². The molecule has 1 unspecified atom stereocenters. The Balaban J connectivity index is 0.763. The third-order valence-electron chi connectivity index (χ3n) is 12.7. The van der Waals surface area contributed by atoms with Crippen LogP contribution in [0, 0.1) is 5.41 Å². The predicted molar refractivity (Wildman–Crippen MR) is 204 cm³/mol.